The van der Waals surface area contributed by atoms with Crippen LogP contribution in [0.1, 0.15) is 37.3 Å². The van der Waals surface area contributed by atoms with Crippen molar-refractivity contribution < 1.29 is 4.74 Å². The van der Waals surface area contributed by atoms with Gasteiger partial charge in [-0.05, 0) is 49.8 Å². The van der Waals surface area contributed by atoms with E-state index in [-0.39, 0.29) is 0 Å². The summed E-state index contributed by atoms with van der Waals surface area (Å²) >= 11 is 0. The van der Waals surface area contributed by atoms with Gasteiger partial charge < -0.3 is 10.5 Å². The first kappa shape index (κ1) is 11.8. The van der Waals surface area contributed by atoms with Crippen LogP contribution in [0, 0.1) is 5.92 Å². The van der Waals surface area contributed by atoms with Gasteiger partial charge in [0.15, 0.2) is 5.82 Å². The van der Waals surface area contributed by atoms with Crippen molar-refractivity contribution in [1.29, 1.82) is 0 Å². The van der Waals surface area contributed by atoms with E-state index in [9.17, 15) is 0 Å². The second-order valence-electron chi connectivity index (χ2n) is 5.78. The Hall–Kier alpha value is -2.04. The summed E-state index contributed by atoms with van der Waals surface area (Å²) in [6.07, 6.45) is 6.97. The van der Waals surface area contributed by atoms with Crippen molar-refractivity contribution in [3.8, 4) is 11.7 Å². The molecule has 0 atom stereocenters. The Bertz CT molecular complexity index is 629. The summed E-state index contributed by atoms with van der Waals surface area (Å²) in [5, 5.41) is 4.58. The van der Waals surface area contributed by atoms with E-state index in [2.05, 4.69) is 16.1 Å². The molecule has 0 radical (unpaired) electrons. The number of pyridine rings is 1. The molecule has 20 heavy (non-hydrogen) atoms. The zero-order valence-electron chi connectivity index (χ0n) is 11.3. The van der Waals surface area contributed by atoms with E-state index in [0.717, 1.165) is 11.5 Å². The second kappa shape index (κ2) is 4.51. The van der Waals surface area contributed by atoms with Gasteiger partial charge in [-0.25, -0.2) is 4.68 Å². The Balaban J connectivity index is 1.57. The third-order valence-corrected chi connectivity index (χ3v) is 3.87. The van der Waals surface area contributed by atoms with Crippen molar-refractivity contribution >= 4 is 5.69 Å². The highest BCUT2D eigenvalue weighted by Gasteiger charge is 2.26. The molecule has 2 aliphatic rings. The number of aromatic nitrogens is 3. The Morgan fingerprint density at radius 3 is 2.80 bits per heavy atom. The second-order valence-corrected chi connectivity index (χ2v) is 5.78. The van der Waals surface area contributed by atoms with E-state index < -0.39 is 0 Å². The van der Waals surface area contributed by atoms with Crippen LogP contribution in [0.25, 0.3) is 5.82 Å². The van der Waals surface area contributed by atoms with E-state index in [1.165, 1.54) is 25.7 Å². The van der Waals surface area contributed by atoms with Crippen LogP contribution in [0.3, 0.4) is 0 Å². The summed E-state index contributed by atoms with van der Waals surface area (Å²) in [5.41, 5.74) is 7.66. The van der Waals surface area contributed by atoms with Gasteiger partial charge in [-0.2, -0.15) is 10.1 Å². The molecule has 0 saturated heterocycles. The number of nitrogens with two attached hydrogens (primary N) is 1. The average Bonchev–Trinajstić information content (AvgIpc) is 3.38. The van der Waals surface area contributed by atoms with Gasteiger partial charge in [-0.15, -0.1) is 0 Å². The number of nitrogen functional groups attached to an aromatic ring is 1. The lowest BCUT2D eigenvalue weighted by atomic mass is 10.3. The Morgan fingerprint density at radius 1 is 1.20 bits per heavy atom. The van der Waals surface area contributed by atoms with E-state index in [1.54, 1.807) is 4.68 Å². The van der Waals surface area contributed by atoms with E-state index >= 15 is 0 Å². The van der Waals surface area contributed by atoms with Gasteiger partial charge in [0.05, 0.1) is 18.0 Å². The molecular formula is C15H18N4O. The highest BCUT2D eigenvalue weighted by molar-refractivity contribution is 5.50. The molecule has 0 aromatic carbocycles. The van der Waals surface area contributed by atoms with Gasteiger partial charge in [-0.1, -0.05) is 0 Å². The predicted octanol–water partition coefficient (Wildman–Crippen LogP) is 2.52. The van der Waals surface area contributed by atoms with E-state index in [1.807, 2.05) is 18.3 Å². The van der Waals surface area contributed by atoms with Gasteiger partial charge >= 0.3 is 0 Å². The zero-order valence-corrected chi connectivity index (χ0v) is 11.3. The van der Waals surface area contributed by atoms with Crippen molar-refractivity contribution in [2.45, 2.75) is 31.6 Å². The third kappa shape index (κ3) is 2.35. The summed E-state index contributed by atoms with van der Waals surface area (Å²) in [5.74, 6) is 2.62. The van der Waals surface area contributed by atoms with Crippen LogP contribution in [-0.2, 0) is 0 Å². The molecule has 5 nitrogen and oxygen atoms in total. The molecule has 2 aromatic rings. The molecule has 0 unspecified atom stereocenters. The molecule has 5 heteroatoms. The molecule has 2 aromatic heterocycles. The van der Waals surface area contributed by atoms with Crippen molar-refractivity contribution in [1.82, 2.24) is 14.8 Å². The predicted molar refractivity (Wildman–Crippen MR) is 76.0 cm³/mol. The number of hydrogen-bond donors (Lipinski definition) is 1. The molecule has 0 bridgehead atoms. The molecule has 0 spiro atoms. The number of nitrogens with zero attached hydrogens (tertiary/aromatic N) is 3. The molecule has 2 fully saturated rings. The Morgan fingerprint density at radius 2 is 2.05 bits per heavy atom. The summed E-state index contributed by atoms with van der Waals surface area (Å²) in [7, 11) is 0. The normalized spacial score (nSPS) is 18.2. The SMILES string of the molecule is Nc1ccc(-n2ccc(C3CC3)n2)nc1OCC1CC1. The molecule has 0 amide bonds. The van der Waals surface area contributed by atoms with Crippen LogP contribution in [0.15, 0.2) is 24.4 Å². The topological polar surface area (TPSA) is 66.0 Å². The highest BCUT2D eigenvalue weighted by Crippen LogP contribution is 2.39. The molecular weight excluding hydrogens is 252 g/mol. The van der Waals surface area contributed by atoms with Gasteiger partial charge in [0.25, 0.3) is 0 Å². The average molecular weight is 270 g/mol. The monoisotopic (exact) mass is 270 g/mol. The van der Waals surface area contributed by atoms with Gasteiger partial charge in [0.2, 0.25) is 5.88 Å². The van der Waals surface area contributed by atoms with Crippen LogP contribution >= 0.6 is 0 Å². The van der Waals surface area contributed by atoms with Gasteiger partial charge in [-0.3, -0.25) is 0 Å². The number of ether oxygens (including phenoxy) is 1. The van der Waals surface area contributed by atoms with Crippen LogP contribution < -0.4 is 10.5 Å². The lowest BCUT2D eigenvalue weighted by molar-refractivity contribution is 0.290. The number of hydrogen-bond acceptors (Lipinski definition) is 4. The van der Waals surface area contributed by atoms with Crippen LogP contribution in [0.2, 0.25) is 0 Å². The number of anilines is 1. The summed E-state index contributed by atoms with van der Waals surface area (Å²) in [4.78, 5) is 4.49. The maximum absolute atomic E-state index is 5.92. The Kier molecular flexibility index (Phi) is 2.65. The standard InChI is InChI=1S/C15H18N4O/c16-12-5-6-14(17-15(12)20-9-10-1-2-10)19-8-7-13(18-19)11-3-4-11/h5-8,10-11H,1-4,9,16H2. The summed E-state index contributed by atoms with van der Waals surface area (Å²) in [6.45, 7) is 0.715. The van der Waals surface area contributed by atoms with Crippen molar-refractivity contribution in [2.75, 3.05) is 12.3 Å². The number of rotatable bonds is 5. The summed E-state index contributed by atoms with van der Waals surface area (Å²) < 4.78 is 7.51. The van der Waals surface area contributed by atoms with Gasteiger partial charge in [0, 0.05) is 12.1 Å². The van der Waals surface area contributed by atoms with Gasteiger partial charge in [0.1, 0.15) is 0 Å². The van der Waals surface area contributed by atoms with E-state index in [0.29, 0.717) is 30.0 Å². The smallest absolute Gasteiger partial charge is 0.239 e. The van der Waals surface area contributed by atoms with Crippen molar-refractivity contribution in [3.05, 3.63) is 30.1 Å². The van der Waals surface area contributed by atoms with Crippen molar-refractivity contribution in [3.63, 3.8) is 0 Å². The largest absolute Gasteiger partial charge is 0.476 e. The molecule has 2 heterocycles. The first-order chi connectivity index (χ1) is 9.79. The first-order valence-corrected chi connectivity index (χ1v) is 7.25. The molecule has 2 aliphatic carbocycles. The maximum atomic E-state index is 5.92. The molecule has 0 aliphatic heterocycles. The first-order valence-electron chi connectivity index (χ1n) is 7.25. The fraction of sp³-hybridized carbons (Fsp3) is 0.467. The minimum atomic E-state index is 0.526. The molecule has 2 N–H and O–H groups in total. The fourth-order valence-electron chi connectivity index (χ4n) is 2.23. The molecule has 104 valence electrons. The minimum Gasteiger partial charge on any atom is -0.476 e. The molecule has 2 saturated carbocycles. The van der Waals surface area contributed by atoms with Crippen LogP contribution in [0.4, 0.5) is 5.69 Å². The molecule has 4 rings (SSSR count). The lowest BCUT2D eigenvalue weighted by Gasteiger charge is -2.09. The van der Waals surface area contributed by atoms with Crippen LogP contribution in [-0.4, -0.2) is 21.4 Å². The minimum absolute atomic E-state index is 0.526. The highest BCUT2D eigenvalue weighted by atomic mass is 16.5. The Labute approximate surface area is 117 Å². The van der Waals surface area contributed by atoms with E-state index in [4.69, 9.17) is 10.5 Å². The van der Waals surface area contributed by atoms with Crippen molar-refractivity contribution in [2.24, 2.45) is 5.92 Å². The zero-order chi connectivity index (χ0) is 13.5. The third-order valence-electron chi connectivity index (χ3n) is 3.87. The van der Waals surface area contributed by atoms with Crippen LogP contribution in [0.5, 0.6) is 5.88 Å². The quantitative estimate of drug-likeness (QED) is 0.906. The lowest BCUT2D eigenvalue weighted by Crippen LogP contribution is -2.06. The fourth-order valence-corrected chi connectivity index (χ4v) is 2.23. The maximum Gasteiger partial charge on any atom is 0.239 e. The summed E-state index contributed by atoms with van der Waals surface area (Å²) in [6, 6.07) is 5.78.